The standard InChI is InChI=1S/C14H18FN3O/c1-3-18-13(16-10-17-18)9-14(2,19)8-11-4-6-12(15)7-5-11/h4-7,10,19H,3,8-9H2,1-2H3. The first-order valence-corrected chi connectivity index (χ1v) is 6.34. The zero-order chi connectivity index (χ0) is 13.9. The number of hydrogen-bond acceptors (Lipinski definition) is 3. The summed E-state index contributed by atoms with van der Waals surface area (Å²) in [7, 11) is 0. The van der Waals surface area contributed by atoms with E-state index < -0.39 is 5.60 Å². The zero-order valence-corrected chi connectivity index (χ0v) is 11.2. The number of halogens is 1. The van der Waals surface area contributed by atoms with Gasteiger partial charge >= 0.3 is 0 Å². The Morgan fingerprint density at radius 2 is 1.95 bits per heavy atom. The first-order valence-electron chi connectivity index (χ1n) is 6.34. The molecule has 1 aromatic carbocycles. The van der Waals surface area contributed by atoms with Crippen LogP contribution in [0.5, 0.6) is 0 Å². The van der Waals surface area contributed by atoms with Crippen molar-refractivity contribution in [3.8, 4) is 0 Å². The number of nitrogens with zero attached hydrogens (tertiary/aromatic N) is 3. The highest BCUT2D eigenvalue weighted by Crippen LogP contribution is 2.18. The molecule has 0 aliphatic carbocycles. The molecule has 1 unspecified atom stereocenters. The Bertz CT molecular complexity index is 534. The van der Waals surface area contributed by atoms with Crippen LogP contribution >= 0.6 is 0 Å². The third-order valence-corrected chi connectivity index (χ3v) is 3.03. The van der Waals surface area contributed by atoms with Crippen molar-refractivity contribution in [2.45, 2.75) is 38.8 Å². The maximum Gasteiger partial charge on any atom is 0.138 e. The summed E-state index contributed by atoms with van der Waals surface area (Å²) >= 11 is 0. The van der Waals surface area contributed by atoms with Crippen molar-refractivity contribution in [2.24, 2.45) is 0 Å². The lowest BCUT2D eigenvalue weighted by atomic mass is 9.93. The number of aryl methyl sites for hydroxylation is 1. The van der Waals surface area contributed by atoms with Crippen LogP contribution in [0.3, 0.4) is 0 Å². The van der Waals surface area contributed by atoms with Gasteiger partial charge in [-0.3, -0.25) is 4.68 Å². The van der Waals surface area contributed by atoms with E-state index in [1.807, 2.05) is 6.92 Å². The van der Waals surface area contributed by atoms with E-state index in [4.69, 9.17) is 0 Å². The van der Waals surface area contributed by atoms with Crippen molar-refractivity contribution in [2.75, 3.05) is 0 Å². The summed E-state index contributed by atoms with van der Waals surface area (Å²) < 4.78 is 14.6. The number of benzene rings is 1. The maximum absolute atomic E-state index is 12.8. The van der Waals surface area contributed by atoms with E-state index in [1.165, 1.54) is 18.5 Å². The fraction of sp³-hybridized carbons (Fsp3) is 0.429. The average molecular weight is 263 g/mol. The van der Waals surface area contributed by atoms with Crippen molar-refractivity contribution in [1.82, 2.24) is 14.8 Å². The van der Waals surface area contributed by atoms with Crippen molar-refractivity contribution >= 4 is 0 Å². The summed E-state index contributed by atoms with van der Waals surface area (Å²) in [5.41, 5.74) is -0.0356. The Labute approximate surface area is 111 Å². The van der Waals surface area contributed by atoms with Crippen LogP contribution in [0.25, 0.3) is 0 Å². The SMILES string of the molecule is CCn1ncnc1CC(C)(O)Cc1ccc(F)cc1. The number of aromatic nitrogens is 3. The van der Waals surface area contributed by atoms with Crippen LogP contribution in [-0.4, -0.2) is 25.5 Å². The summed E-state index contributed by atoms with van der Waals surface area (Å²) in [5, 5.41) is 14.5. The van der Waals surface area contributed by atoms with Gasteiger partial charge < -0.3 is 5.11 Å². The summed E-state index contributed by atoms with van der Waals surface area (Å²) in [6, 6.07) is 6.18. The molecule has 0 spiro atoms. The second-order valence-electron chi connectivity index (χ2n) is 4.97. The van der Waals surface area contributed by atoms with Crippen molar-refractivity contribution in [3.63, 3.8) is 0 Å². The summed E-state index contributed by atoms with van der Waals surface area (Å²) in [4.78, 5) is 4.16. The van der Waals surface area contributed by atoms with Gasteiger partial charge in [-0.15, -0.1) is 0 Å². The Balaban J connectivity index is 2.08. The van der Waals surface area contributed by atoms with Gasteiger partial charge in [0.25, 0.3) is 0 Å². The molecule has 0 radical (unpaired) electrons. The first kappa shape index (κ1) is 13.7. The Morgan fingerprint density at radius 1 is 1.26 bits per heavy atom. The third-order valence-electron chi connectivity index (χ3n) is 3.03. The minimum Gasteiger partial charge on any atom is -0.389 e. The lowest BCUT2D eigenvalue weighted by Crippen LogP contribution is -2.31. The van der Waals surface area contributed by atoms with E-state index in [9.17, 15) is 9.50 Å². The van der Waals surface area contributed by atoms with Crippen molar-refractivity contribution < 1.29 is 9.50 Å². The molecule has 2 rings (SSSR count). The highest BCUT2D eigenvalue weighted by Gasteiger charge is 2.24. The first-order chi connectivity index (χ1) is 9.00. The molecule has 0 fully saturated rings. The van der Waals surface area contributed by atoms with Gasteiger partial charge in [-0.2, -0.15) is 5.10 Å². The highest BCUT2D eigenvalue weighted by atomic mass is 19.1. The summed E-state index contributed by atoms with van der Waals surface area (Å²) in [6.45, 7) is 4.46. The van der Waals surface area contributed by atoms with Gasteiger partial charge in [-0.1, -0.05) is 12.1 Å². The third kappa shape index (κ3) is 3.61. The predicted molar refractivity (Wildman–Crippen MR) is 70.1 cm³/mol. The molecule has 1 heterocycles. The fourth-order valence-electron chi connectivity index (χ4n) is 2.13. The summed E-state index contributed by atoms with van der Waals surface area (Å²) in [6.07, 6.45) is 2.36. The largest absolute Gasteiger partial charge is 0.389 e. The quantitative estimate of drug-likeness (QED) is 0.897. The number of aliphatic hydroxyl groups is 1. The molecule has 0 saturated heterocycles. The molecule has 1 atom stereocenters. The van der Waals surface area contributed by atoms with Crippen molar-refractivity contribution in [1.29, 1.82) is 0 Å². The average Bonchev–Trinajstić information content (AvgIpc) is 2.78. The molecule has 1 N–H and O–H groups in total. The summed E-state index contributed by atoms with van der Waals surface area (Å²) in [5.74, 6) is 0.490. The van der Waals surface area contributed by atoms with Crippen LogP contribution in [-0.2, 0) is 19.4 Å². The van der Waals surface area contributed by atoms with Gasteiger partial charge in [0.15, 0.2) is 0 Å². The van der Waals surface area contributed by atoms with Gasteiger partial charge in [0.05, 0.1) is 5.60 Å². The molecule has 5 heteroatoms. The normalized spacial score (nSPS) is 14.3. The van der Waals surface area contributed by atoms with Crippen LogP contribution in [0.1, 0.15) is 25.2 Å². The van der Waals surface area contributed by atoms with Gasteiger partial charge in [0.1, 0.15) is 18.0 Å². The molecule has 4 nitrogen and oxygen atoms in total. The fourth-order valence-corrected chi connectivity index (χ4v) is 2.13. The van der Waals surface area contributed by atoms with Crippen LogP contribution in [0.15, 0.2) is 30.6 Å². The molecular formula is C14H18FN3O. The van der Waals surface area contributed by atoms with Crippen molar-refractivity contribution in [3.05, 3.63) is 47.8 Å². The van der Waals surface area contributed by atoms with E-state index in [-0.39, 0.29) is 5.82 Å². The van der Waals surface area contributed by atoms with Crippen LogP contribution in [0.2, 0.25) is 0 Å². The second-order valence-corrected chi connectivity index (χ2v) is 4.97. The molecule has 0 aliphatic heterocycles. The Hall–Kier alpha value is -1.75. The molecule has 0 saturated carbocycles. The monoisotopic (exact) mass is 263 g/mol. The van der Waals surface area contributed by atoms with E-state index in [0.717, 1.165) is 17.9 Å². The van der Waals surface area contributed by atoms with E-state index in [1.54, 1.807) is 23.7 Å². The molecule has 0 aliphatic rings. The number of hydrogen-bond donors (Lipinski definition) is 1. The smallest absolute Gasteiger partial charge is 0.138 e. The van der Waals surface area contributed by atoms with E-state index in [2.05, 4.69) is 10.1 Å². The minimum atomic E-state index is -0.933. The molecular weight excluding hydrogens is 245 g/mol. The van der Waals surface area contributed by atoms with Crippen LogP contribution in [0.4, 0.5) is 4.39 Å². The van der Waals surface area contributed by atoms with E-state index >= 15 is 0 Å². The minimum absolute atomic E-state index is 0.269. The zero-order valence-electron chi connectivity index (χ0n) is 11.2. The maximum atomic E-state index is 12.8. The predicted octanol–water partition coefficient (Wildman–Crippen LogP) is 1.97. The lowest BCUT2D eigenvalue weighted by Gasteiger charge is -2.23. The lowest BCUT2D eigenvalue weighted by molar-refractivity contribution is 0.0576. The topological polar surface area (TPSA) is 50.9 Å². The second kappa shape index (κ2) is 5.48. The molecule has 19 heavy (non-hydrogen) atoms. The molecule has 1 aromatic heterocycles. The molecule has 2 aromatic rings. The molecule has 0 bridgehead atoms. The number of rotatable bonds is 5. The Kier molecular flexibility index (Phi) is 3.95. The van der Waals surface area contributed by atoms with Gasteiger partial charge in [-0.25, -0.2) is 9.37 Å². The molecule has 0 amide bonds. The van der Waals surface area contributed by atoms with Gasteiger partial charge in [0.2, 0.25) is 0 Å². The van der Waals surface area contributed by atoms with Gasteiger partial charge in [-0.05, 0) is 31.5 Å². The van der Waals surface area contributed by atoms with Gasteiger partial charge in [0, 0.05) is 19.4 Å². The van der Waals surface area contributed by atoms with Crippen LogP contribution in [0, 0.1) is 5.82 Å². The molecule has 102 valence electrons. The highest BCUT2D eigenvalue weighted by molar-refractivity contribution is 5.18. The Morgan fingerprint density at radius 3 is 2.58 bits per heavy atom. The van der Waals surface area contributed by atoms with E-state index in [0.29, 0.717) is 12.8 Å². The van der Waals surface area contributed by atoms with Crippen LogP contribution < -0.4 is 0 Å².